The summed E-state index contributed by atoms with van der Waals surface area (Å²) in [6, 6.07) is 16.1. The minimum atomic E-state index is 0. The summed E-state index contributed by atoms with van der Waals surface area (Å²) in [5.74, 6) is 1.41. The Hall–Kier alpha value is -2.33. The largest absolute Gasteiger partial charge is 0.491 e. The van der Waals surface area contributed by atoms with Gasteiger partial charge in [-0.05, 0) is 38.0 Å². The van der Waals surface area contributed by atoms with E-state index in [0.29, 0.717) is 45.4 Å². The van der Waals surface area contributed by atoms with E-state index in [4.69, 9.17) is 9.47 Å². The zero-order chi connectivity index (χ0) is 23.2. The highest BCUT2D eigenvalue weighted by molar-refractivity contribution is 14.0. The molecule has 0 aliphatic rings. The van der Waals surface area contributed by atoms with Gasteiger partial charge >= 0.3 is 0 Å². The van der Waals surface area contributed by atoms with Crippen molar-refractivity contribution in [2.24, 2.45) is 4.99 Å². The van der Waals surface area contributed by atoms with Crippen LogP contribution in [0.15, 0.2) is 53.5 Å². The minimum Gasteiger partial charge on any atom is -0.491 e. The van der Waals surface area contributed by atoms with Crippen LogP contribution in [-0.2, 0) is 22.6 Å². The van der Waals surface area contributed by atoms with Crippen molar-refractivity contribution >= 4 is 35.8 Å². The lowest BCUT2D eigenvalue weighted by Crippen LogP contribution is -2.44. The van der Waals surface area contributed by atoms with Crippen molar-refractivity contribution in [2.45, 2.75) is 33.9 Å². The second-order valence-electron chi connectivity index (χ2n) is 7.33. The molecule has 8 heteroatoms. The summed E-state index contributed by atoms with van der Waals surface area (Å²) in [6.45, 7) is 9.65. The maximum absolute atomic E-state index is 12.7. The van der Waals surface area contributed by atoms with Gasteiger partial charge in [0, 0.05) is 38.9 Å². The molecule has 0 unspecified atom stereocenters. The molecule has 0 saturated carbocycles. The molecule has 0 radical (unpaired) electrons. The monoisotopic (exact) mass is 568 g/mol. The smallest absolute Gasteiger partial charge is 0.242 e. The molecule has 2 rings (SSSR count). The summed E-state index contributed by atoms with van der Waals surface area (Å²) in [6.07, 6.45) is 0. The van der Waals surface area contributed by atoms with E-state index in [1.165, 1.54) is 0 Å². The van der Waals surface area contributed by atoms with Crippen molar-refractivity contribution in [1.29, 1.82) is 0 Å². The molecule has 2 aromatic rings. The van der Waals surface area contributed by atoms with E-state index >= 15 is 0 Å². The van der Waals surface area contributed by atoms with Gasteiger partial charge in [-0.15, -0.1) is 24.0 Å². The molecule has 0 aliphatic carbocycles. The highest BCUT2D eigenvalue weighted by atomic mass is 127. The fourth-order valence-electron chi connectivity index (χ4n) is 3.15. The maximum Gasteiger partial charge on any atom is 0.242 e. The molecule has 0 aliphatic heterocycles. The van der Waals surface area contributed by atoms with Crippen LogP contribution in [0.5, 0.6) is 5.75 Å². The molecule has 0 saturated heterocycles. The normalized spacial score (nSPS) is 10.8. The summed E-state index contributed by atoms with van der Waals surface area (Å²) in [7, 11) is 1.69. The number of benzene rings is 2. The van der Waals surface area contributed by atoms with Crippen molar-refractivity contribution in [2.75, 3.05) is 40.0 Å². The molecule has 0 atom stereocenters. The topological polar surface area (TPSA) is 75.2 Å². The van der Waals surface area contributed by atoms with Crippen LogP contribution in [0.1, 0.15) is 30.5 Å². The molecule has 0 aromatic heterocycles. The average molecular weight is 569 g/mol. The number of aryl methyl sites for hydroxylation is 1. The molecule has 0 fully saturated rings. The number of halogens is 1. The fourth-order valence-corrected chi connectivity index (χ4v) is 3.15. The zero-order valence-corrected chi connectivity index (χ0v) is 22.4. The molecule has 2 aromatic carbocycles. The van der Waals surface area contributed by atoms with Crippen LogP contribution in [-0.4, -0.2) is 56.7 Å². The SMILES string of the molecule is CCOCCOc1cc(C)ccc1CNC(=NC)NCC(=O)N(CC)Cc1ccccc1.I. The van der Waals surface area contributed by atoms with Gasteiger partial charge in [-0.25, -0.2) is 0 Å². The molecular formula is C25H37IN4O3. The first kappa shape index (κ1) is 28.7. The lowest BCUT2D eigenvalue weighted by Gasteiger charge is -2.22. The third-order valence-electron chi connectivity index (χ3n) is 4.94. The van der Waals surface area contributed by atoms with Crippen LogP contribution >= 0.6 is 24.0 Å². The summed E-state index contributed by atoms with van der Waals surface area (Å²) < 4.78 is 11.3. The number of amides is 1. The predicted octanol–water partition coefficient (Wildman–Crippen LogP) is 3.74. The third kappa shape index (κ3) is 10.4. The number of hydrogen-bond donors (Lipinski definition) is 2. The van der Waals surface area contributed by atoms with E-state index in [2.05, 4.69) is 21.7 Å². The standard InChI is InChI=1S/C25H36N4O3.HI/c1-5-29(19-21-10-8-7-9-11-21)24(30)18-28-25(26-4)27-17-22-13-12-20(3)16-23(22)32-15-14-31-6-2;/h7-13,16H,5-6,14-15,17-19H2,1-4H3,(H2,26,27,28);1H. The Bertz CT molecular complexity index is 862. The van der Waals surface area contributed by atoms with Gasteiger partial charge in [-0.3, -0.25) is 9.79 Å². The first-order valence-corrected chi connectivity index (χ1v) is 11.1. The number of carbonyl (C=O) groups excluding carboxylic acids is 1. The number of nitrogens with one attached hydrogen (secondary N) is 2. The number of carbonyl (C=O) groups is 1. The van der Waals surface area contributed by atoms with E-state index in [1.54, 1.807) is 7.05 Å². The number of rotatable bonds is 12. The van der Waals surface area contributed by atoms with Crippen molar-refractivity contribution in [3.63, 3.8) is 0 Å². The number of likely N-dealkylation sites (N-methyl/N-ethyl adjacent to an activating group) is 1. The van der Waals surface area contributed by atoms with Gasteiger partial charge < -0.3 is 25.0 Å². The van der Waals surface area contributed by atoms with E-state index in [0.717, 1.165) is 22.4 Å². The molecule has 7 nitrogen and oxygen atoms in total. The van der Waals surface area contributed by atoms with Gasteiger partial charge in [0.2, 0.25) is 5.91 Å². The summed E-state index contributed by atoms with van der Waals surface area (Å²) >= 11 is 0. The molecule has 0 bridgehead atoms. The molecule has 2 N–H and O–H groups in total. The van der Waals surface area contributed by atoms with Gasteiger partial charge in [0.25, 0.3) is 0 Å². The Balaban J connectivity index is 0.00000544. The Morgan fingerprint density at radius 3 is 2.48 bits per heavy atom. The first-order chi connectivity index (χ1) is 15.6. The maximum atomic E-state index is 12.7. The summed E-state index contributed by atoms with van der Waals surface area (Å²) in [4.78, 5) is 18.7. The van der Waals surface area contributed by atoms with Crippen molar-refractivity contribution < 1.29 is 14.3 Å². The third-order valence-corrected chi connectivity index (χ3v) is 4.94. The minimum absolute atomic E-state index is 0. The van der Waals surface area contributed by atoms with Crippen LogP contribution in [0.25, 0.3) is 0 Å². The Kier molecular flexibility index (Phi) is 14.2. The van der Waals surface area contributed by atoms with Crippen LogP contribution in [0.2, 0.25) is 0 Å². The van der Waals surface area contributed by atoms with Gasteiger partial charge in [-0.1, -0.05) is 42.5 Å². The quantitative estimate of drug-likeness (QED) is 0.177. The van der Waals surface area contributed by atoms with E-state index in [-0.39, 0.29) is 36.4 Å². The molecule has 1 amide bonds. The highest BCUT2D eigenvalue weighted by Crippen LogP contribution is 2.20. The molecule has 182 valence electrons. The molecule has 0 heterocycles. The van der Waals surface area contributed by atoms with E-state index < -0.39 is 0 Å². The zero-order valence-electron chi connectivity index (χ0n) is 20.1. The molecule has 33 heavy (non-hydrogen) atoms. The van der Waals surface area contributed by atoms with Gasteiger partial charge in [0.15, 0.2) is 5.96 Å². The van der Waals surface area contributed by atoms with Crippen molar-refractivity contribution in [3.05, 3.63) is 65.2 Å². The van der Waals surface area contributed by atoms with E-state index in [9.17, 15) is 4.79 Å². The Labute approximate surface area is 215 Å². The second kappa shape index (κ2) is 16.3. The van der Waals surface area contributed by atoms with Crippen LogP contribution in [0, 0.1) is 6.92 Å². The number of hydrogen-bond acceptors (Lipinski definition) is 4. The number of ether oxygens (including phenoxy) is 2. The van der Waals surface area contributed by atoms with Crippen LogP contribution < -0.4 is 15.4 Å². The molecule has 0 spiro atoms. The number of aliphatic imine (C=N–C) groups is 1. The fraction of sp³-hybridized carbons (Fsp3) is 0.440. The number of nitrogens with zero attached hydrogens (tertiary/aromatic N) is 2. The average Bonchev–Trinajstić information content (AvgIpc) is 2.81. The lowest BCUT2D eigenvalue weighted by molar-refractivity contribution is -0.130. The van der Waals surface area contributed by atoms with Crippen LogP contribution in [0.4, 0.5) is 0 Å². The summed E-state index contributed by atoms with van der Waals surface area (Å²) in [5, 5.41) is 6.38. The van der Waals surface area contributed by atoms with Crippen molar-refractivity contribution in [3.8, 4) is 5.75 Å². The lowest BCUT2D eigenvalue weighted by atomic mass is 10.1. The Morgan fingerprint density at radius 1 is 1.06 bits per heavy atom. The van der Waals surface area contributed by atoms with Gasteiger partial charge in [0.05, 0.1) is 13.2 Å². The predicted molar refractivity (Wildman–Crippen MR) is 144 cm³/mol. The first-order valence-electron chi connectivity index (χ1n) is 11.1. The molecular weight excluding hydrogens is 531 g/mol. The number of guanidine groups is 1. The van der Waals surface area contributed by atoms with Crippen LogP contribution in [0.3, 0.4) is 0 Å². The van der Waals surface area contributed by atoms with Gasteiger partial charge in [-0.2, -0.15) is 0 Å². The van der Waals surface area contributed by atoms with Crippen molar-refractivity contribution in [1.82, 2.24) is 15.5 Å². The Morgan fingerprint density at radius 2 is 1.82 bits per heavy atom. The highest BCUT2D eigenvalue weighted by Gasteiger charge is 2.13. The van der Waals surface area contributed by atoms with Gasteiger partial charge in [0.1, 0.15) is 12.4 Å². The van der Waals surface area contributed by atoms with E-state index in [1.807, 2.05) is 68.1 Å². The summed E-state index contributed by atoms with van der Waals surface area (Å²) in [5.41, 5.74) is 3.26. The second-order valence-corrected chi connectivity index (χ2v) is 7.33.